The largest absolute Gasteiger partial charge is 0.507 e. The van der Waals surface area contributed by atoms with Crippen LogP contribution in [0.5, 0.6) is 17.2 Å². The highest BCUT2D eigenvalue weighted by Gasteiger charge is 2.48. The number of aryl methyl sites for hydroxylation is 1. The van der Waals surface area contributed by atoms with E-state index in [1.165, 1.54) is 29.4 Å². The minimum Gasteiger partial charge on any atom is -0.507 e. The molecule has 0 aliphatic carbocycles. The molecule has 2 aliphatic rings. The number of ketones is 1. The maximum Gasteiger partial charge on any atom is 0.301 e. The third-order valence-electron chi connectivity index (χ3n) is 6.87. The summed E-state index contributed by atoms with van der Waals surface area (Å²) in [5.41, 5.74) is 3.49. The summed E-state index contributed by atoms with van der Waals surface area (Å²) in [7, 11) is 1.42. The Bertz CT molecular complexity index is 1670. The zero-order valence-electron chi connectivity index (χ0n) is 20.9. The Kier molecular flexibility index (Phi) is 5.61. The molecule has 1 saturated heterocycles. The molecular formula is C29H24N2O6S. The summed E-state index contributed by atoms with van der Waals surface area (Å²) in [6.45, 7) is 3.93. The summed E-state index contributed by atoms with van der Waals surface area (Å²) in [4.78, 5) is 33.0. The van der Waals surface area contributed by atoms with Crippen molar-refractivity contribution in [1.82, 2.24) is 4.98 Å². The number of benzene rings is 3. The van der Waals surface area contributed by atoms with E-state index in [9.17, 15) is 19.8 Å². The fourth-order valence-electron chi connectivity index (χ4n) is 5.06. The number of carbonyl (C=O) groups is 2. The molecule has 1 amide bonds. The van der Waals surface area contributed by atoms with Gasteiger partial charge in [0.25, 0.3) is 5.78 Å². The van der Waals surface area contributed by atoms with Gasteiger partial charge in [0, 0.05) is 12.0 Å². The molecule has 6 rings (SSSR count). The summed E-state index contributed by atoms with van der Waals surface area (Å²) in [5, 5.41) is 22.0. The number of aliphatic hydroxyl groups excluding tert-OH is 1. The van der Waals surface area contributed by atoms with Gasteiger partial charge in [-0.2, -0.15) is 0 Å². The maximum atomic E-state index is 13.5. The lowest BCUT2D eigenvalue weighted by Crippen LogP contribution is -2.29. The second kappa shape index (κ2) is 8.88. The normalized spacial score (nSPS) is 20.1. The molecule has 0 unspecified atom stereocenters. The van der Waals surface area contributed by atoms with Crippen LogP contribution in [-0.2, 0) is 16.0 Å². The van der Waals surface area contributed by atoms with Crippen LogP contribution in [0.15, 0.2) is 60.2 Å². The number of thiazole rings is 1. The number of rotatable bonds is 4. The highest BCUT2D eigenvalue weighted by atomic mass is 32.1. The zero-order valence-corrected chi connectivity index (χ0v) is 21.7. The molecule has 0 radical (unpaired) electrons. The molecule has 2 atom stereocenters. The first-order chi connectivity index (χ1) is 18.2. The molecule has 1 aromatic heterocycles. The highest BCUT2D eigenvalue weighted by Crippen LogP contribution is 2.46. The van der Waals surface area contributed by atoms with Gasteiger partial charge in [-0.25, -0.2) is 4.98 Å². The summed E-state index contributed by atoms with van der Waals surface area (Å²) < 4.78 is 11.9. The van der Waals surface area contributed by atoms with Gasteiger partial charge in [-0.15, -0.1) is 0 Å². The number of phenolic OH excluding ortho intramolecular Hbond substituents is 1. The first-order valence-electron chi connectivity index (χ1n) is 12.1. The summed E-state index contributed by atoms with van der Waals surface area (Å²) in [6, 6.07) is 14.6. The molecule has 0 saturated carbocycles. The van der Waals surface area contributed by atoms with Crippen molar-refractivity contribution in [2.24, 2.45) is 0 Å². The number of fused-ring (bicyclic) bond motifs is 2. The van der Waals surface area contributed by atoms with Crippen molar-refractivity contribution >= 4 is 44.1 Å². The molecular weight excluding hydrogens is 504 g/mol. The zero-order chi connectivity index (χ0) is 26.7. The van der Waals surface area contributed by atoms with E-state index in [1.807, 2.05) is 32.0 Å². The number of methoxy groups -OCH3 is 1. The van der Waals surface area contributed by atoms with Crippen LogP contribution in [-0.4, -0.2) is 40.1 Å². The predicted molar refractivity (Wildman–Crippen MR) is 144 cm³/mol. The number of aromatic hydroxyl groups is 1. The Morgan fingerprint density at radius 3 is 2.74 bits per heavy atom. The van der Waals surface area contributed by atoms with Crippen LogP contribution in [0, 0.1) is 6.92 Å². The number of hydrogen-bond donors (Lipinski definition) is 2. The number of carbonyl (C=O) groups excluding carboxylic acids is 2. The average Bonchev–Trinajstić information content (AvgIpc) is 3.56. The van der Waals surface area contributed by atoms with E-state index in [0.717, 1.165) is 21.6 Å². The third-order valence-corrected chi connectivity index (χ3v) is 7.89. The Hall–Kier alpha value is -4.37. The quantitative estimate of drug-likeness (QED) is 0.211. The Morgan fingerprint density at radius 2 is 1.95 bits per heavy atom. The summed E-state index contributed by atoms with van der Waals surface area (Å²) in [6.07, 6.45) is 0.689. The van der Waals surface area contributed by atoms with Crippen molar-refractivity contribution < 1.29 is 29.3 Å². The number of aliphatic hydroxyl groups is 1. The van der Waals surface area contributed by atoms with E-state index in [4.69, 9.17) is 9.47 Å². The van der Waals surface area contributed by atoms with Crippen molar-refractivity contribution in [3.05, 3.63) is 82.4 Å². The molecule has 0 spiro atoms. The van der Waals surface area contributed by atoms with Gasteiger partial charge in [0.1, 0.15) is 17.6 Å². The molecule has 38 heavy (non-hydrogen) atoms. The van der Waals surface area contributed by atoms with Crippen LogP contribution in [0.25, 0.3) is 16.0 Å². The van der Waals surface area contributed by atoms with Crippen LogP contribution in [0.4, 0.5) is 5.13 Å². The molecule has 8 nitrogen and oxygen atoms in total. The third kappa shape index (κ3) is 3.78. The summed E-state index contributed by atoms with van der Waals surface area (Å²) >= 11 is 1.29. The Morgan fingerprint density at radius 1 is 1.13 bits per heavy atom. The molecule has 3 aromatic carbocycles. The van der Waals surface area contributed by atoms with Gasteiger partial charge in [0.2, 0.25) is 0 Å². The molecule has 3 heterocycles. The van der Waals surface area contributed by atoms with Gasteiger partial charge in [-0.3, -0.25) is 14.5 Å². The van der Waals surface area contributed by atoms with Crippen LogP contribution in [0.3, 0.4) is 0 Å². The number of Topliss-reactive ketones (excluding diaryl/α,β-unsaturated/α-hetero) is 1. The van der Waals surface area contributed by atoms with E-state index in [0.29, 0.717) is 28.2 Å². The Balaban J connectivity index is 1.55. The van der Waals surface area contributed by atoms with Crippen molar-refractivity contribution in [3.8, 4) is 17.2 Å². The smallest absolute Gasteiger partial charge is 0.301 e. The van der Waals surface area contributed by atoms with E-state index in [1.54, 1.807) is 30.3 Å². The van der Waals surface area contributed by atoms with Gasteiger partial charge in [-0.1, -0.05) is 23.5 Å². The van der Waals surface area contributed by atoms with Gasteiger partial charge in [0.05, 0.1) is 28.9 Å². The molecule has 9 heteroatoms. The van der Waals surface area contributed by atoms with E-state index in [-0.39, 0.29) is 28.9 Å². The second-order valence-corrected chi connectivity index (χ2v) is 10.5. The van der Waals surface area contributed by atoms with Gasteiger partial charge in [-0.05, 0) is 73.0 Å². The van der Waals surface area contributed by atoms with Crippen molar-refractivity contribution in [3.63, 3.8) is 0 Å². The second-order valence-electron chi connectivity index (χ2n) is 9.52. The number of amides is 1. The van der Waals surface area contributed by atoms with E-state index < -0.39 is 17.7 Å². The van der Waals surface area contributed by atoms with E-state index in [2.05, 4.69) is 4.98 Å². The standard InChI is InChI=1S/C29H24N2O6S/c1-14-4-7-19-23(10-14)38-29(30-19)31-25(16-5-8-20(32)22(13-16)36-3)24(27(34)28(31)35)26(33)17-6-9-21-18(12-17)11-15(2)37-21/h4-10,12-13,15,25,32-33H,11H2,1-3H3/t15-,25-/m1/s1. The fourth-order valence-corrected chi connectivity index (χ4v) is 6.15. The minimum atomic E-state index is -0.991. The van der Waals surface area contributed by atoms with Crippen molar-refractivity contribution in [2.45, 2.75) is 32.4 Å². The van der Waals surface area contributed by atoms with Crippen LogP contribution in [0.2, 0.25) is 0 Å². The lowest BCUT2D eigenvalue weighted by atomic mass is 9.94. The Labute approximate surface area is 222 Å². The molecule has 0 bridgehead atoms. The van der Waals surface area contributed by atoms with Gasteiger partial charge >= 0.3 is 5.91 Å². The summed E-state index contributed by atoms with van der Waals surface area (Å²) in [5.74, 6) is -1.08. The topological polar surface area (TPSA) is 109 Å². The molecule has 4 aromatic rings. The molecule has 1 fully saturated rings. The monoisotopic (exact) mass is 528 g/mol. The van der Waals surface area contributed by atoms with Crippen molar-refractivity contribution in [2.75, 3.05) is 12.0 Å². The number of nitrogens with zero attached hydrogens (tertiary/aromatic N) is 2. The number of hydrogen-bond acceptors (Lipinski definition) is 8. The number of aromatic nitrogens is 1. The van der Waals surface area contributed by atoms with Crippen LogP contribution in [0.1, 0.15) is 35.2 Å². The molecule has 192 valence electrons. The number of ether oxygens (including phenoxy) is 2. The van der Waals surface area contributed by atoms with Crippen LogP contribution >= 0.6 is 11.3 Å². The number of anilines is 1. The molecule has 2 aliphatic heterocycles. The maximum absolute atomic E-state index is 13.5. The van der Waals surface area contributed by atoms with Gasteiger partial charge < -0.3 is 19.7 Å². The van der Waals surface area contributed by atoms with E-state index >= 15 is 0 Å². The van der Waals surface area contributed by atoms with Gasteiger partial charge in [0.15, 0.2) is 16.6 Å². The highest BCUT2D eigenvalue weighted by molar-refractivity contribution is 7.22. The minimum absolute atomic E-state index is 0.0140. The first-order valence-corrected chi connectivity index (χ1v) is 12.9. The van der Waals surface area contributed by atoms with Crippen molar-refractivity contribution in [1.29, 1.82) is 0 Å². The molecule has 2 N–H and O–H groups in total. The first kappa shape index (κ1) is 24.0. The average molecular weight is 529 g/mol. The van der Waals surface area contributed by atoms with Crippen LogP contribution < -0.4 is 14.4 Å². The lowest BCUT2D eigenvalue weighted by Gasteiger charge is -2.23. The fraction of sp³-hybridized carbons (Fsp3) is 0.207. The number of phenols is 1. The SMILES string of the molecule is COc1cc([C@@H]2C(=C(O)c3ccc4c(c3)C[C@@H](C)O4)C(=O)C(=O)N2c2nc3ccc(C)cc3s2)ccc1O. The lowest BCUT2D eigenvalue weighted by molar-refractivity contribution is -0.132. The predicted octanol–water partition coefficient (Wildman–Crippen LogP) is 5.27.